The van der Waals surface area contributed by atoms with Gasteiger partial charge in [-0.25, -0.2) is 4.79 Å². The molecule has 3 aliphatic rings. The molecular formula is C15H17NO2. The minimum Gasteiger partial charge on any atom is -0.445 e. The molecule has 1 saturated carbocycles. The van der Waals surface area contributed by atoms with Crippen molar-refractivity contribution in [3.63, 3.8) is 0 Å². The van der Waals surface area contributed by atoms with Gasteiger partial charge < -0.3 is 4.74 Å². The van der Waals surface area contributed by atoms with Crippen LogP contribution in [0.4, 0.5) is 4.79 Å². The number of ether oxygens (including phenoxy) is 1. The Labute approximate surface area is 107 Å². The molecule has 0 atom stereocenters. The summed E-state index contributed by atoms with van der Waals surface area (Å²) in [5.41, 5.74) is 0.906. The lowest BCUT2D eigenvalue weighted by molar-refractivity contribution is 0.0775. The molecule has 2 aliphatic heterocycles. The van der Waals surface area contributed by atoms with Gasteiger partial charge in [0.1, 0.15) is 6.61 Å². The van der Waals surface area contributed by atoms with Crippen LogP contribution in [-0.2, 0) is 11.3 Å². The molecule has 94 valence electrons. The van der Waals surface area contributed by atoms with Crippen LogP contribution in [0.5, 0.6) is 0 Å². The van der Waals surface area contributed by atoms with Gasteiger partial charge in [-0.3, -0.25) is 4.90 Å². The molecule has 3 fully saturated rings. The van der Waals surface area contributed by atoms with E-state index in [4.69, 9.17) is 4.74 Å². The predicted octanol–water partition coefficient (Wildman–Crippen LogP) is 2.97. The zero-order chi connectivity index (χ0) is 12.6. The molecule has 1 aromatic carbocycles. The molecule has 4 rings (SSSR count). The van der Waals surface area contributed by atoms with Crippen LogP contribution in [0.2, 0.25) is 0 Å². The average Bonchev–Trinajstić information content (AvgIpc) is 2.92. The van der Waals surface area contributed by atoms with Gasteiger partial charge in [0.05, 0.1) is 5.54 Å². The van der Waals surface area contributed by atoms with E-state index in [1.165, 1.54) is 0 Å². The summed E-state index contributed by atoms with van der Waals surface area (Å²) in [6, 6.07) is 9.76. The molecule has 0 aromatic heterocycles. The first-order valence-corrected chi connectivity index (χ1v) is 6.35. The van der Waals surface area contributed by atoms with E-state index in [2.05, 4.69) is 6.58 Å². The lowest BCUT2D eigenvalue weighted by atomic mass is 9.73. The van der Waals surface area contributed by atoms with E-state index < -0.39 is 0 Å². The number of hydrogen-bond acceptors (Lipinski definition) is 2. The van der Waals surface area contributed by atoms with Crippen molar-refractivity contribution in [2.45, 2.75) is 25.0 Å². The molecule has 18 heavy (non-hydrogen) atoms. The maximum absolute atomic E-state index is 12.1. The van der Waals surface area contributed by atoms with E-state index in [9.17, 15) is 4.79 Å². The van der Waals surface area contributed by atoms with Crippen molar-refractivity contribution in [2.75, 3.05) is 6.54 Å². The summed E-state index contributed by atoms with van der Waals surface area (Å²) in [6.07, 6.45) is 3.80. The second-order valence-corrected chi connectivity index (χ2v) is 5.23. The van der Waals surface area contributed by atoms with Crippen LogP contribution >= 0.6 is 0 Å². The van der Waals surface area contributed by atoms with Gasteiger partial charge >= 0.3 is 6.09 Å². The number of benzene rings is 1. The molecule has 3 nitrogen and oxygen atoms in total. The summed E-state index contributed by atoms with van der Waals surface area (Å²) in [4.78, 5) is 13.9. The second kappa shape index (κ2) is 4.16. The van der Waals surface area contributed by atoms with Crippen molar-refractivity contribution >= 4 is 6.09 Å². The van der Waals surface area contributed by atoms with E-state index in [1.807, 2.05) is 41.3 Å². The molecule has 0 N–H and O–H groups in total. The minimum absolute atomic E-state index is 0.113. The molecule has 2 bridgehead atoms. The number of nitrogens with zero attached hydrogens (tertiary/aromatic N) is 1. The SMILES string of the molecule is C=CC12CC(CN1C(=O)OCc1ccccc1)C2. The number of carbonyl (C=O) groups is 1. The lowest BCUT2D eigenvalue weighted by Crippen LogP contribution is -2.46. The molecule has 0 spiro atoms. The standard InChI is InChI=1S/C15H17NO2/c1-2-15-8-13(9-15)10-16(15)14(17)18-11-12-6-4-3-5-7-12/h2-7,13H,1,8-11H2. The Hall–Kier alpha value is -1.77. The number of carbonyl (C=O) groups excluding carboxylic acids is 1. The summed E-state index contributed by atoms with van der Waals surface area (Å²) < 4.78 is 5.38. The molecular weight excluding hydrogens is 226 g/mol. The van der Waals surface area contributed by atoms with Crippen LogP contribution in [0.25, 0.3) is 0 Å². The van der Waals surface area contributed by atoms with Crippen molar-refractivity contribution in [3.8, 4) is 0 Å². The number of rotatable bonds is 3. The van der Waals surface area contributed by atoms with E-state index in [0.29, 0.717) is 12.5 Å². The van der Waals surface area contributed by atoms with E-state index in [0.717, 1.165) is 24.9 Å². The second-order valence-electron chi connectivity index (χ2n) is 5.23. The van der Waals surface area contributed by atoms with Crippen molar-refractivity contribution in [3.05, 3.63) is 48.6 Å². The molecule has 1 aromatic rings. The molecule has 0 radical (unpaired) electrons. The summed E-state index contributed by atoms with van der Waals surface area (Å²) in [5, 5.41) is 0. The van der Waals surface area contributed by atoms with Crippen molar-refractivity contribution in [1.82, 2.24) is 4.90 Å². The maximum Gasteiger partial charge on any atom is 0.410 e. The zero-order valence-corrected chi connectivity index (χ0v) is 10.3. The van der Waals surface area contributed by atoms with Gasteiger partial charge in [-0.2, -0.15) is 0 Å². The Morgan fingerprint density at radius 2 is 2.17 bits per heavy atom. The monoisotopic (exact) mass is 243 g/mol. The Morgan fingerprint density at radius 1 is 1.44 bits per heavy atom. The molecule has 1 aliphatic carbocycles. The van der Waals surface area contributed by atoms with Crippen LogP contribution in [0.15, 0.2) is 43.0 Å². The van der Waals surface area contributed by atoms with Crippen molar-refractivity contribution < 1.29 is 9.53 Å². The first kappa shape index (κ1) is 11.3. The number of amides is 1. The van der Waals surface area contributed by atoms with Crippen LogP contribution in [-0.4, -0.2) is 23.1 Å². The number of hydrogen-bond donors (Lipinski definition) is 0. The van der Waals surface area contributed by atoms with E-state index >= 15 is 0 Å². The summed E-state index contributed by atoms with van der Waals surface area (Å²) in [5.74, 6) is 0.646. The van der Waals surface area contributed by atoms with Crippen LogP contribution in [0, 0.1) is 5.92 Å². The predicted molar refractivity (Wildman–Crippen MR) is 69.0 cm³/mol. The third-order valence-corrected chi connectivity index (χ3v) is 4.07. The van der Waals surface area contributed by atoms with Crippen LogP contribution in [0.1, 0.15) is 18.4 Å². The first-order chi connectivity index (χ1) is 8.73. The average molecular weight is 243 g/mol. The summed E-state index contributed by atoms with van der Waals surface area (Å²) >= 11 is 0. The molecule has 0 unspecified atom stereocenters. The Balaban J connectivity index is 1.61. The third kappa shape index (κ3) is 1.70. The highest BCUT2D eigenvalue weighted by molar-refractivity contribution is 5.70. The summed E-state index contributed by atoms with van der Waals surface area (Å²) in [6.45, 7) is 5.01. The van der Waals surface area contributed by atoms with E-state index in [-0.39, 0.29) is 11.6 Å². The van der Waals surface area contributed by atoms with Gasteiger partial charge in [0.25, 0.3) is 0 Å². The zero-order valence-electron chi connectivity index (χ0n) is 10.3. The van der Waals surface area contributed by atoms with Crippen molar-refractivity contribution in [1.29, 1.82) is 0 Å². The minimum atomic E-state index is -0.209. The largest absolute Gasteiger partial charge is 0.445 e. The highest BCUT2D eigenvalue weighted by Gasteiger charge is 2.56. The van der Waals surface area contributed by atoms with Gasteiger partial charge in [-0.05, 0) is 24.3 Å². The van der Waals surface area contributed by atoms with Crippen LogP contribution < -0.4 is 0 Å². The Kier molecular flexibility index (Phi) is 2.62. The molecule has 2 saturated heterocycles. The van der Waals surface area contributed by atoms with Gasteiger partial charge in [-0.15, -0.1) is 6.58 Å². The van der Waals surface area contributed by atoms with Gasteiger partial charge in [0.2, 0.25) is 0 Å². The smallest absolute Gasteiger partial charge is 0.410 e. The van der Waals surface area contributed by atoms with E-state index in [1.54, 1.807) is 0 Å². The van der Waals surface area contributed by atoms with Crippen molar-refractivity contribution in [2.24, 2.45) is 5.92 Å². The highest BCUT2D eigenvalue weighted by atomic mass is 16.6. The first-order valence-electron chi connectivity index (χ1n) is 6.35. The maximum atomic E-state index is 12.1. The fraction of sp³-hybridized carbons (Fsp3) is 0.400. The van der Waals surface area contributed by atoms with Crippen LogP contribution in [0.3, 0.4) is 0 Å². The summed E-state index contributed by atoms with van der Waals surface area (Å²) in [7, 11) is 0. The van der Waals surface area contributed by atoms with Gasteiger partial charge in [0.15, 0.2) is 0 Å². The molecule has 2 heterocycles. The Morgan fingerprint density at radius 3 is 2.83 bits per heavy atom. The highest BCUT2D eigenvalue weighted by Crippen LogP contribution is 2.51. The Bertz CT molecular complexity index is 463. The van der Waals surface area contributed by atoms with Gasteiger partial charge in [-0.1, -0.05) is 36.4 Å². The normalized spacial score (nSPS) is 28.7. The molecule has 3 heteroatoms. The number of fused-ring (bicyclic) bond motifs is 1. The fourth-order valence-corrected chi connectivity index (χ4v) is 3.06. The quantitative estimate of drug-likeness (QED) is 0.764. The third-order valence-electron chi connectivity index (χ3n) is 4.07. The van der Waals surface area contributed by atoms with Gasteiger partial charge in [0, 0.05) is 6.54 Å². The molecule has 1 amide bonds. The fourth-order valence-electron chi connectivity index (χ4n) is 3.06. The lowest BCUT2D eigenvalue weighted by Gasteiger charge is -2.38. The topological polar surface area (TPSA) is 29.5 Å².